The summed E-state index contributed by atoms with van der Waals surface area (Å²) in [5.41, 5.74) is 12.1. The Balaban J connectivity index is 2.17. The molecule has 0 bridgehead atoms. The van der Waals surface area contributed by atoms with E-state index < -0.39 is 17.2 Å². The maximum atomic E-state index is 13.1. The number of anilines is 1. The monoisotopic (exact) mass is 457 g/mol. The van der Waals surface area contributed by atoms with Gasteiger partial charge in [-0.3, -0.25) is 9.59 Å². The van der Waals surface area contributed by atoms with Gasteiger partial charge in [-0.25, -0.2) is 4.68 Å². The summed E-state index contributed by atoms with van der Waals surface area (Å²) in [5.74, 6) is -0.0525. The molecule has 1 atom stereocenters. The van der Waals surface area contributed by atoms with Gasteiger partial charge >= 0.3 is 0 Å². The molecule has 4 rings (SSSR count). The van der Waals surface area contributed by atoms with Crippen LogP contribution in [-0.2, 0) is 0 Å². The normalized spacial score (nSPS) is 15.9. The van der Waals surface area contributed by atoms with Crippen LogP contribution in [-0.4, -0.2) is 9.36 Å². The van der Waals surface area contributed by atoms with Gasteiger partial charge in [0.2, 0.25) is 0 Å². The molecule has 1 aromatic heterocycles. The maximum Gasteiger partial charge on any atom is 0.281 e. The van der Waals surface area contributed by atoms with E-state index in [0.29, 0.717) is 5.56 Å². The van der Waals surface area contributed by atoms with Crippen molar-refractivity contribution in [1.29, 1.82) is 5.26 Å². The number of hydrogen-bond acceptors (Lipinski definition) is 5. The highest BCUT2D eigenvalue weighted by Gasteiger charge is 2.34. The lowest BCUT2D eigenvalue weighted by Gasteiger charge is -2.17. The van der Waals surface area contributed by atoms with Crippen LogP contribution in [0.15, 0.2) is 57.6 Å². The summed E-state index contributed by atoms with van der Waals surface area (Å²) < 4.78 is 3.30. The highest BCUT2D eigenvalue weighted by atomic mass is 127. The Morgan fingerprint density at radius 3 is 2.38 bits per heavy atom. The molecule has 0 saturated heterocycles. The lowest BCUT2D eigenvalue weighted by Crippen LogP contribution is -2.38. The summed E-state index contributed by atoms with van der Waals surface area (Å²) in [5, 5.41) is 9.93. The van der Waals surface area contributed by atoms with Gasteiger partial charge in [-0.15, -0.1) is 0 Å². The largest absolute Gasteiger partial charge is 0.398 e. The molecule has 3 aromatic rings. The van der Waals surface area contributed by atoms with Crippen molar-refractivity contribution in [3.63, 3.8) is 0 Å². The SMILES string of the molecule is N#CC1=C(N)n2c(=O)c3c(N)cccc3c(=O)n2C1c1ccc(I)cc1. The first-order chi connectivity index (χ1) is 12.5. The van der Waals surface area contributed by atoms with Crippen molar-refractivity contribution in [3.8, 4) is 6.07 Å². The van der Waals surface area contributed by atoms with E-state index in [1.54, 1.807) is 18.2 Å². The molecular formula is C18H12IN5O2. The predicted octanol–water partition coefficient (Wildman–Crippen LogP) is 1.60. The minimum Gasteiger partial charge on any atom is -0.398 e. The molecule has 0 fully saturated rings. The summed E-state index contributed by atoms with van der Waals surface area (Å²) in [4.78, 5) is 26.1. The Labute approximate surface area is 160 Å². The fraction of sp³-hybridized carbons (Fsp3) is 0.0556. The molecule has 7 nitrogen and oxygen atoms in total. The van der Waals surface area contributed by atoms with E-state index in [0.717, 1.165) is 8.25 Å². The number of nitriles is 1. The molecule has 1 aliphatic rings. The average molecular weight is 457 g/mol. The molecule has 0 aliphatic carbocycles. The zero-order valence-corrected chi connectivity index (χ0v) is 15.5. The van der Waals surface area contributed by atoms with Crippen LogP contribution in [0.5, 0.6) is 0 Å². The number of nitrogens with two attached hydrogens (primary N) is 2. The highest BCUT2D eigenvalue weighted by molar-refractivity contribution is 14.1. The number of rotatable bonds is 1. The quantitative estimate of drug-likeness (QED) is 0.425. The van der Waals surface area contributed by atoms with E-state index in [-0.39, 0.29) is 27.9 Å². The van der Waals surface area contributed by atoms with Crippen LogP contribution in [0.2, 0.25) is 0 Å². The van der Waals surface area contributed by atoms with Gasteiger partial charge in [0.25, 0.3) is 11.1 Å². The lowest BCUT2D eigenvalue weighted by molar-refractivity contribution is 0.539. The van der Waals surface area contributed by atoms with E-state index in [1.165, 1.54) is 4.68 Å². The van der Waals surface area contributed by atoms with Crippen LogP contribution in [0, 0.1) is 14.9 Å². The Bertz CT molecular complexity index is 1260. The molecule has 128 valence electrons. The number of benzene rings is 2. The molecule has 0 radical (unpaired) electrons. The zero-order valence-electron chi connectivity index (χ0n) is 13.3. The van der Waals surface area contributed by atoms with Gasteiger partial charge in [0.05, 0.1) is 10.8 Å². The first-order valence-electron chi connectivity index (χ1n) is 7.67. The fourth-order valence-electron chi connectivity index (χ4n) is 3.31. The van der Waals surface area contributed by atoms with Crippen molar-refractivity contribution in [3.05, 3.63) is 77.9 Å². The third-order valence-electron chi connectivity index (χ3n) is 4.49. The predicted molar refractivity (Wildman–Crippen MR) is 107 cm³/mol. The molecule has 4 N–H and O–H groups in total. The number of allylic oxidation sites excluding steroid dienone is 1. The summed E-state index contributed by atoms with van der Waals surface area (Å²) in [6.45, 7) is 0. The van der Waals surface area contributed by atoms with Crippen LogP contribution >= 0.6 is 22.6 Å². The molecule has 0 spiro atoms. The molecule has 26 heavy (non-hydrogen) atoms. The fourth-order valence-corrected chi connectivity index (χ4v) is 3.67. The molecule has 1 aliphatic heterocycles. The lowest BCUT2D eigenvalue weighted by atomic mass is 10.0. The molecule has 8 heteroatoms. The van der Waals surface area contributed by atoms with E-state index in [4.69, 9.17) is 11.5 Å². The minimum absolute atomic E-state index is 0.0525. The van der Waals surface area contributed by atoms with Crippen molar-refractivity contribution in [2.24, 2.45) is 5.73 Å². The Morgan fingerprint density at radius 2 is 1.73 bits per heavy atom. The molecule has 0 amide bonds. The van der Waals surface area contributed by atoms with Crippen LogP contribution < -0.4 is 22.6 Å². The Kier molecular flexibility index (Phi) is 3.62. The van der Waals surface area contributed by atoms with Gasteiger partial charge in [-0.2, -0.15) is 9.94 Å². The number of fused-ring (bicyclic) bond motifs is 2. The van der Waals surface area contributed by atoms with E-state index >= 15 is 0 Å². The Morgan fingerprint density at radius 1 is 1.04 bits per heavy atom. The zero-order chi connectivity index (χ0) is 18.6. The van der Waals surface area contributed by atoms with Crippen LogP contribution in [0.1, 0.15) is 11.6 Å². The second-order valence-electron chi connectivity index (χ2n) is 5.90. The standard InChI is InChI=1S/C18H12IN5O2/c19-10-6-4-9(5-7-10)15-12(8-20)16(22)24-18(26)14-11(17(25)23(15)24)2-1-3-13(14)21/h1-7,15H,21-22H2. The second kappa shape index (κ2) is 5.74. The molecule has 1 unspecified atom stereocenters. The number of aromatic nitrogens is 2. The maximum absolute atomic E-state index is 13.1. The van der Waals surface area contributed by atoms with Gasteiger partial charge in [0.1, 0.15) is 23.5 Å². The first-order valence-corrected chi connectivity index (χ1v) is 8.75. The van der Waals surface area contributed by atoms with Gasteiger partial charge in [-0.1, -0.05) is 18.2 Å². The number of hydrogen-bond donors (Lipinski definition) is 2. The van der Waals surface area contributed by atoms with Gasteiger partial charge < -0.3 is 11.5 Å². The second-order valence-corrected chi connectivity index (χ2v) is 7.15. The van der Waals surface area contributed by atoms with E-state index in [9.17, 15) is 14.9 Å². The minimum atomic E-state index is -0.761. The van der Waals surface area contributed by atoms with Crippen LogP contribution in [0.3, 0.4) is 0 Å². The summed E-state index contributed by atoms with van der Waals surface area (Å²) in [6.07, 6.45) is 0. The van der Waals surface area contributed by atoms with Crippen molar-refractivity contribution < 1.29 is 0 Å². The van der Waals surface area contributed by atoms with Crippen molar-refractivity contribution in [1.82, 2.24) is 9.36 Å². The van der Waals surface area contributed by atoms with Crippen molar-refractivity contribution in [2.75, 3.05) is 5.73 Å². The first kappa shape index (κ1) is 16.4. The van der Waals surface area contributed by atoms with E-state index in [2.05, 4.69) is 22.6 Å². The van der Waals surface area contributed by atoms with Gasteiger partial charge in [0, 0.05) is 9.26 Å². The number of halogens is 1. The highest BCUT2D eigenvalue weighted by Crippen LogP contribution is 2.33. The molecule has 0 saturated carbocycles. The Hall–Kier alpha value is -3.06. The van der Waals surface area contributed by atoms with Crippen molar-refractivity contribution in [2.45, 2.75) is 6.04 Å². The van der Waals surface area contributed by atoms with Crippen LogP contribution in [0.25, 0.3) is 16.6 Å². The topological polar surface area (TPSA) is 120 Å². The summed E-state index contributed by atoms with van der Waals surface area (Å²) >= 11 is 2.17. The van der Waals surface area contributed by atoms with Gasteiger partial charge in [-0.05, 0) is 52.4 Å². The number of nitrogens with zero attached hydrogens (tertiary/aromatic N) is 3. The number of nitrogen functional groups attached to an aromatic ring is 1. The summed E-state index contributed by atoms with van der Waals surface area (Å²) in [7, 11) is 0. The molecule has 2 heterocycles. The van der Waals surface area contributed by atoms with E-state index in [1.807, 2.05) is 30.3 Å². The van der Waals surface area contributed by atoms with Gasteiger partial charge in [0.15, 0.2) is 0 Å². The van der Waals surface area contributed by atoms with Crippen molar-refractivity contribution >= 4 is 44.9 Å². The summed E-state index contributed by atoms with van der Waals surface area (Å²) in [6, 6.07) is 13.4. The van der Waals surface area contributed by atoms with Crippen LogP contribution in [0.4, 0.5) is 5.69 Å². The smallest absolute Gasteiger partial charge is 0.281 e. The molecular weight excluding hydrogens is 445 g/mol. The third-order valence-corrected chi connectivity index (χ3v) is 5.20. The third kappa shape index (κ3) is 2.10. The average Bonchev–Trinajstić information content (AvgIpc) is 2.93. The molecule has 2 aromatic carbocycles.